The predicted octanol–water partition coefficient (Wildman–Crippen LogP) is 1.93. The van der Waals surface area contributed by atoms with Gasteiger partial charge in [0.05, 0.1) is 17.6 Å². The van der Waals surface area contributed by atoms with Gasteiger partial charge >= 0.3 is 0 Å². The molecule has 2 unspecified atom stereocenters. The van der Waals surface area contributed by atoms with E-state index < -0.39 is 12.1 Å². The van der Waals surface area contributed by atoms with E-state index in [-0.39, 0.29) is 28.9 Å². The van der Waals surface area contributed by atoms with E-state index in [1.54, 1.807) is 17.0 Å². The van der Waals surface area contributed by atoms with Gasteiger partial charge in [-0.1, -0.05) is 6.58 Å². The highest BCUT2D eigenvalue weighted by molar-refractivity contribution is 5.98. The molecule has 1 aromatic carbocycles. The van der Waals surface area contributed by atoms with Gasteiger partial charge in [0, 0.05) is 12.2 Å². The van der Waals surface area contributed by atoms with Crippen molar-refractivity contribution < 1.29 is 14.0 Å². The van der Waals surface area contributed by atoms with Gasteiger partial charge in [-0.2, -0.15) is 0 Å². The van der Waals surface area contributed by atoms with Gasteiger partial charge < -0.3 is 21.7 Å². The predicted molar refractivity (Wildman–Crippen MR) is 101 cm³/mol. The molecule has 2 atom stereocenters. The molecule has 2 aromatic rings. The van der Waals surface area contributed by atoms with Crippen molar-refractivity contribution in [2.45, 2.75) is 12.6 Å². The number of anilines is 3. The summed E-state index contributed by atoms with van der Waals surface area (Å²) in [6.07, 6.45) is 1.33. The van der Waals surface area contributed by atoms with Gasteiger partial charge in [0.25, 0.3) is 5.91 Å². The van der Waals surface area contributed by atoms with Gasteiger partial charge in [0.1, 0.15) is 17.5 Å². The summed E-state index contributed by atoms with van der Waals surface area (Å²) in [6, 6.07) is 8.81. The Morgan fingerprint density at radius 3 is 2.59 bits per heavy atom. The molecule has 0 saturated carbocycles. The second-order valence-corrected chi connectivity index (χ2v) is 6.25. The molecule has 0 spiro atoms. The third kappa shape index (κ3) is 3.80. The van der Waals surface area contributed by atoms with Crippen LogP contribution in [0.5, 0.6) is 0 Å². The zero-order valence-corrected chi connectivity index (χ0v) is 14.6. The summed E-state index contributed by atoms with van der Waals surface area (Å²) >= 11 is 0. The van der Waals surface area contributed by atoms with E-state index in [0.717, 1.165) is 0 Å². The fourth-order valence-electron chi connectivity index (χ4n) is 3.12. The number of hydrogen-bond donors (Lipinski definition) is 3. The lowest BCUT2D eigenvalue weighted by molar-refractivity contribution is -0.118. The van der Waals surface area contributed by atoms with Crippen molar-refractivity contribution in [3.05, 3.63) is 60.4 Å². The van der Waals surface area contributed by atoms with E-state index >= 15 is 0 Å². The summed E-state index contributed by atoms with van der Waals surface area (Å²) in [5, 5.41) is 2.98. The van der Waals surface area contributed by atoms with E-state index in [9.17, 15) is 14.0 Å². The van der Waals surface area contributed by atoms with E-state index in [1.807, 2.05) is 0 Å². The average molecular weight is 369 g/mol. The number of ketones is 1. The Morgan fingerprint density at radius 2 is 1.96 bits per heavy atom. The minimum absolute atomic E-state index is 0.108. The molecule has 140 valence electrons. The van der Waals surface area contributed by atoms with Gasteiger partial charge in [-0.15, -0.1) is 0 Å². The molecule has 1 saturated heterocycles. The van der Waals surface area contributed by atoms with Crippen molar-refractivity contribution in [2.75, 3.05) is 16.8 Å². The standard InChI is InChI=1S/C19H20FN5O2/c1-2-15(26)13-9-10-25(17(13)21)16-8-7-14(18(22)27)19(24-16)23-12-5-3-11(20)4-6-12/h2-8,13,17H,1,9-10,21H2,(H2,22,27)(H,23,24). The summed E-state index contributed by atoms with van der Waals surface area (Å²) in [5.74, 6) is -0.742. The van der Waals surface area contributed by atoms with Crippen LogP contribution in [-0.4, -0.2) is 29.4 Å². The Hall–Kier alpha value is -3.26. The maximum absolute atomic E-state index is 13.1. The number of carbonyl (C=O) groups excluding carboxylic acids is 2. The van der Waals surface area contributed by atoms with Gasteiger partial charge in [-0.25, -0.2) is 9.37 Å². The highest BCUT2D eigenvalue weighted by Crippen LogP contribution is 2.29. The van der Waals surface area contributed by atoms with Gasteiger partial charge in [-0.3, -0.25) is 9.59 Å². The third-order valence-corrected chi connectivity index (χ3v) is 4.57. The lowest BCUT2D eigenvalue weighted by Crippen LogP contribution is -2.43. The summed E-state index contributed by atoms with van der Waals surface area (Å²) in [4.78, 5) is 29.9. The SMILES string of the molecule is C=CC(=O)C1CCN(c2ccc(C(N)=O)c(Nc3ccc(F)cc3)n2)C1N. The van der Waals surface area contributed by atoms with Crippen LogP contribution in [0.15, 0.2) is 49.1 Å². The molecule has 1 aromatic heterocycles. The Labute approximate surface area is 155 Å². The van der Waals surface area contributed by atoms with Crippen LogP contribution in [0.2, 0.25) is 0 Å². The molecule has 2 heterocycles. The number of nitrogens with two attached hydrogens (primary N) is 2. The molecule has 0 aliphatic carbocycles. The highest BCUT2D eigenvalue weighted by Gasteiger charge is 2.35. The third-order valence-electron chi connectivity index (χ3n) is 4.57. The fourth-order valence-corrected chi connectivity index (χ4v) is 3.12. The Kier molecular flexibility index (Phi) is 5.18. The van der Waals surface area contributed by atoms with E-state index in [4.69, 9.17) is 11.5 Å². The van der Waals surface area contributed by atoms with Crippen molar-refractivity contribution in [1.82, 2.24) is 4.98 Å². The number of halogens is 1. The minimum Gasteiger partial charge on any atom is -0.365 e. The number of amides is 1. The maximum Gasteiger partial charge on any atom is 0.252 e. The number of primary amides is 1. The fraction of sp³-hybridized carbons (Fsp3) is 0.211. The zero-order chi connectivity index (χ0) is 19.6. The Bertz CT molecular complexity index is 884. The van der Waals surface area contributed by atoms with Crippen LogP contribution >= 0.6 is 0 Å². The molecule has 0 radical (unpaired) electrons. The first-order valence-electron chi connectivity index (χ1n) is 8.42. The average Bonchev–Trinajstić information content (AvgIpc) is 3.04. The maximum atomic E-state index is 13.1. The number of nitrogens with zero attached hydrogens (tertiary/aromatic N) is 2. The van der Waals surface area contributed by atoms with Crippen LogP contribution in [0.4, 0.5) is 21.7 Å². The van der Waals surface area contributed by atoms with E-state index in [2.05, 4.69) is 16.9 Å². The van der Waals surface area contributed by atoms with Crippen LogP contribution < -0.4 is 21.7 Å². The molecule has 7 nitrogen and oxygen atoms in total. The smallest absolute Gasteiger partial charge is 0.252 e. The number of aromatic nitrogens is 1. The molecule has 3 rings (SSSR count). The van der Waals surface area contributed by atoms with Crippen molar-refractivity contribution in [3.8, 4) is 0 Å². The van der Waals surface area contributed by atoms with Gasteiger partial charge in [0.15, 0.2) is 5.78 Å². The summed E-state index contributed by atoms with van der Waals surface area (Å²) in [6.45, 7) is 4.05. The number of hydrogen-bond acceptors (Lipinski definition) is 6. The summed E-state index contributed by atoms with van der Waals surface area (Å²) in [5.41, 5.74) is 12.4. The number of pyridine rings is 1. The number of rotatable bonds is 6. The molecule has 1 aliphatic heterocycles. The lowest BCUT2D eigenvalue weighted by atomic mass is 10.0. The molecular formula is C19H20FN5O2. The van der Waals surface area contributed by atoms with E-state index in [0.29, 0.717) is 24.5 Å². The first kappa shape index (κ1) is 18.5. The molecule has 0 bridgehead atoms. The van der Waals surface area contributed by atoms with Crippen molar-refractivity contribution in [1.29, 1.82) is 0 Å². The largest absolute Gasteiger partial charge is 0.365 e. The first-order chi connectivity index (χ1) is 12.9. The molecule has 8 heteroatoms. The first-order valence-corrected chi connectivity index (χ1v) is 8.42. The van der Waals surface area contributed by atoms with Gasteiger partial charge in [-0.05, 0) is 48.9 Å². The topological polar surface area (TPSA) is 114 Å². The number of nitrogens with one attached hydrogen (secondary N) is 1. The number of allylic oxidation sites excluding steroid dienone is 1. The molecule has 5 N–H and O–H groups in total. The van der Waals surface area contributed by atoms with Crippen molar-refractivity contribution in [3.63, 3.8) is 0 Å². The number of benzene rings is 1. The minimum atomic E-state index is -0.649. The van der Waals surface area contributed by atoms with Crippen molar-refractivity contribution >= 4 is 29.0 Å². The van der Waals surface area contributed by atoms with E-state index in [1.165, 1.54) is 30.3 Å². The summed E-state index contributed by atoms with van der Waals surface area (Å²) < 4.78 is 13.1. The monoisotopic (exact) mass is 369 g/mol. The van der Waals surface area contributed by atoms with Crippen LogP contribution in [0.1, 0.15) is 16.8 Å². The highest BCUT2D eigenvalue weighted by atomic mass is 19.1. The van der Waals surface area contributed by atoms with Crippen molar-refractivity contribution in [2.24, 2.45) is 17.4 Å². The zero-order valence-electron chi connectivity index (χ0n) is 14.6. The van der Waals surface area contributed by atoms with Crippen LogP contribution in [0, 0.1) is 11.7 Å². The summed E-state index contributed by atoms with van der Waals surface area (Å²) in [7, 11) is 0. The molecule has 1 amide bonds. The second kappa shape index (κ2) is 7.55. The van der Waals surface area contributed by atoms with Crippen LogP contribution in [0.25, 0.3) is 0 Å². The Balaban J connectivity index is 1.91. The molecule has 1 aliphatic rings. The number of carbonyl (C=O) groups is 2. The lowest BCUT2D eigenvalue weighted by Gasteiger charge is -2.25. The quantitative estimate of drug-likeness (QED) is 0.671. The second-order valence-electron chi connectivity index (χ2n) is 6.25. The normalized spacial score (nSPS) is 19.0. The Morgan fingerprint density at radius 1 is 1.26 bits per heavy atom. The molecule has 27 heavy (non-hydrogen) atoms. The molecule has 1 fully saturated rings. The molecular weight excluding hydrogens is 349 g/mol. The van der Waals surface area contributed by atoms with Crippen LogP contribution in [0.3, 0.4) is 0 Å². The van der Waals surface area contributed by atoms with Crippen LogP contribution in [-0.2, 0) is 4.79 Å². The van der Waals surface area contributed by atoms with Gasteiger partial charge in [0.2, 0.25) is 0 Å².